The maximum atomic E-state index is 12.9. The van der Waals surface area contributed by atoms with Crippen LogP contribution in [0.2, 0.25) is 0 Å². The van der Waals surface area contributed by atoms with Crippen LogP contribution in [-0.4, -0.2) is 30.1 Å². The molecule has 7 nitrogen and oxygen atoms in total. The normalized spacial score (nSPS) is 10.2. The van der Waals surface area contributed by atoms with Crippen molar-refractivity contribution in [2.75, 3.05) is 19.5 Å². The molecule has 0 bridgehead atoms. The number of hydrogen-bond acceptors (Lipinski definition) is 6. The molecule has 0 aliphatic heterocycles. The van der Waals surface area contributed by atoms with Crippen LogP contribution in [0.3, 0.4) is 0 Å². The van der Waals surface area contributed by atoms with E-state index in [1.54, 1.807) is 44.6 Å². The first-order valence-corrected chi connectivity index (χ1v) is 8.43. The first-order valence-electron chi connectivity index (χ1n) is 8.43. The summed E-state index contributed by atoms with van der Waals surface area (Å²) >= 11 is 0. The number of anilines is 2. The van der Waals surface area contributed by atoms with Crippen LogP contribution < -0.4 is 20.1 Å². The van der Waals surface area contributed by atoms with Gasteiger partial charge in [0.05, 0.1) is 19.8 Å². The Morgan fingerprint density at radius 3 is 2.32 bits per heavy atom. The van der Waals surface area contributed by atoms with Gasteiger partial charge in [-0.1, -0.05) is 12.1 Å². The van der Waals surface area contributed by atoms with Crippen molar-refractivity contribution in [1.29, 1.82) is 0 Å². The van der Waals surface area contributed by atoms with Crippen molar-refractivity contribution in [3.8, 4) is 11.5 Å². The van der Waals surface area contributed by atoms with E-state index < -0.39 is 0 Å². The van der Waals surface area contributed by atoms with Crippen LogP contribution in [0.25, 0.3) is 0 Å². The number of halogens is 1. The second kappa shape index (κ2) is 8.81. The van der Waals surface area contributed by atoms with Gasteiger partial charge in [-0.05, 0) is 29.8 Å². The Morgan fingerprint density at radius 1 is 1.00 bits per heavy atom. The van der Waals surface area contributed by atoms with Gasteiger partial charge in [0, 0.05) is 30.7 Å². The Labute approximate surface area is 161 Å². The monoisotopic (exact) mass is 382 g/mol. The molecule has 1 aromatic heterocycles. The van der Waals surface area contributed by atoms with Crippen LogP contribution in [0.4, 0.5) is 16.0 Å². The van der Waals surface area contributed by atoms with Gasteiger partial charge in [-0.25, -0.2) is 14.4 Å². The SMILES string of the molecule is COc1ccc(Nc2ncc(C(=O)NCc3ccc(F)cc3)cn2)cc1OC. The lowest BCUT2D eigenvalue weighted by atomic mass is 10.2. The number of amides is 1. The largest absolute Gasteiger partial charge is 0.493 e. The quantitative estimate of drug-likeness (QED) is 0.652. The zero-order chi connectivity index (χ0) is 19.9. The van der Waals surface area contributed by atoms with Crippen LogP contribution in [0.1, 0.15) is 15.9 Å². The summed E-state index contributed by atoms with van der Waals surface area (Å²) in [5.74, 6) is 0.886. The third-order valence-electron chi connectivity index (χ3n) is 3.92. The van der Waals surface area contributed by atoms with Gasteiger partial charge in [-0.3, -0.25) is 4.79 Å². The molecule has 3 aromatic rings. The number of ether oxygens (including phenoxy) is 2. The maximum Gasteiger partial charge on any atom is 0.254 e. The molecule has 0 unspecified atom stereocenters. The van der Waals surface area contributed by atoms with Gasteiger partial charge >= 0.3 is 0 Å². The molecule has 8 heteroatoms. The first-order chi connectivity index (χ1) is 13.6. The van der Waals surface area contributed by atoms with E-state index in [4.69, 9.17) is 9.47 Å². The highest BCUT2D eigenvalue weighted by molar-refractivity contribution is 5.93. The van der Waals surface area contributed by atoms with Crippen molar-refractivity contribution in [2.24, 2.45) is 0 Å². The van der Waals surface area contributed by atoms with Crippen molar-refractivity contribution in [3.05, 3.63) is 71.8 Å². The van der Waals surface area contributed by atoms with Gasteiger partial charge in [0.15, 0.2) is 11.5 Å². The Balaban J connectivity index is 1.61. The highest BCUT2D eigenvalue weighted by Gasteiger charge is 2.09. The third kappa shape index (κ3) is 4.73. The number of aromatic nitrogens is 2. The van der Waals surface area contributed by atoms with Crippen molar-refractivity contribution in [2.45, 2.75) is 6.54 Å². The van der Waals surface area contributed by atoms with Crippen LogP contribution >= 0.6 is 0 Å². The number of hydrogen-bond donors (Lipinski definition) is 2. The Morgan fingerprint density at radius 2 is 1.68 bits per heavy atom. The summed E-state index contributed by atoms with van der Waals surface area (Å²) in [5, 5.41) is 5.77. The van der Waals surface area contributed by atoms with Crippen molar-refractivity contribution >= 4 is 17.5 Å². The van der Waals surface area contributed by atoms with E-state index >= 15 is 0 Å². The predicted octanol–water partition coefficient (Wildman–Crippen LogP) is 3.31. The molecule has 1 heterocycles. The molecule has 0 saturated heterocycles. The van der Waals surface area contributed by atoms with E-state index in [0.29, 0.717) is 28.7 Å². The highest BCUT2D eigenvalue weighted by Crippen LogP contribution is 2.30. The number of carbonyl (C=O) groups is 1. The summed E-state index contributed by atoms with van der Waals surface area (Å²) in [4.78, 5) is 20.5. The minimum atomic E-state index is -0.318. The fourth-order valence-corrected chi connectivity index (χ4v) is 2.44. The Hall–Kier alpha value is -3.68. The molecule has 0 radical (unpaired) electrons. The van der Waals surface area contributed by atoms with E-state index in [1.807, 2.05) is 0 Å². The molecule has 3 rings (SSSR count). The van der Waals surface area contributed by atoms with Crippen LogP contribution in [0.15, 0.2) is 54.9 Å². The van der Waals surface area contributed by atoms with E-state index in [0.717, 1.165) is 5.56 Å². The lowest BCUT2D eigenvalue weighted by molar-refractivity contribution is 0.0950. The Bertz CT molecular complexity index is 947. The molecule has 0 saturated carbocycles. The molecule has 0 spiro atoms. The minimum absolute atomic E-state index is 0.282. The zero-order valence-corrected chi connectivity index (χ0v) is 15.4. The van der Waals surface area contributed by atoms with Gasteiger partial charge < -0.3 is 20.1 Å². The number of benzene rings is 2. The number of nitrogens with one attached hydrogen (secondary N) is 2. The molecule has 0 aliphatic rings. The average Bonchev–Trinajstić information content (AvgIpc) is 2.73. The van der Waals surface area contributed by atoms with E-state index in [-0.39, 0.29) is 18.3 Å². The fraction of sp³-hybridized carbons (Fsp3) is 0.150. The molecule has 28 heavy (non-hydrogen) atoms. The maximum absolute atomic E-state index is 12.9. The van der Waals surface area contributed by atoms with Crippen LogP contribution in [0, 0.1) is 5.82 Å². The second-order valence-electron chi connectivity index (χ2n) is 5.80. The van der Waals surface area contributed by atoms with Gasteiger partial charge in [0.1, 0.15) is 5.82 Å². The minimum Gasteiger partial charge on any atom is -0.493 e. The topological polar surface area (TPSA) is 85.4 Å². The molecule has 0 aliphatic carbocycles. The van der Waals surface area contributed by atoms with Crippen molar-refractivity contribution < 1.29 is 18.7 Å². The zero-order valence-electron chi connectivity index (χ0n) is 15.4. The predicted molar refractivity (Wildman–Crippen MR) is 102 cm³/mol. The number of nitrogens with zero attached hydrogens (tertiary/aromatic N) is 2. The van der Waals surface area contributed by atoms with Gasteiger partial charge in [0.2, 0.25) is 5.95 Å². The summed E-state index contributed by atoms with van der Waals surface area (Å²) in [6, 6.07) is 11.2. The molecular formula is C20H19FN4O3. The van der Waals surface area contributed by atoms with Crippen LogP contribution in [0.5, 0.6) is 11.5 Å². The lowest BCUT2D eigenvalue weighted by Gasteiger charge is -2.10. The smallest absolute Gasteiger partial charge is 0.254 e. The van der Waals surface area contributed by atoms with Crippen molar-refractivity contribution in [1.82, 2.24) is 15.3 Å². The second-order valence-corrected chi connectivity index (χ2v) is 5.80. The summed E-state index contributed by atoms with van der Waals surface area (Å²) in [5.41, 5.74) is 1.83. The summed E-state index contributed by atoms with van der Waals surface area (Å²) < 4.78 is 23.4. The number of carbonyl (C=O) groups excluding carboxylic acids is 1. The Kier molecular flexibility index (Phi) is 6.01. The fourth-order valence-electron chi connectivity index (χ4n) is 2.44. The number of rotatable bonds is 7. The van der Waals surface area contributed by atoms with Gasteiger partial charge in [-0.2, -0.15) is 0 Å². The van der Waals surface area contributed by atoms with E-state index in [9.17, 15) is 9.18 Å². The molecular weight excluding hydrogens is 363 g/mol. The first kappa shape index (κ1) is 19.1. The highest BCUT2D eigenvalue weighted by atomic mass is 19.1. The molecule has 2 N–H and O–H groups in total. The molecule has 0 atom stereocenters. The summed E-state index contributed by atoms with van der Waals surface area (Å²) in [6.07, 6.45) is 2.85. The van der Waals surface area contributed by atoms with E-state index in [2.05, 4.69) is 20.6 Å². The molecule has 2 aromatic carbocycles. The van der Waals surface area contributed by atoms with Gasteiger partial charge in [-0.15, -0.1) is 0 Å². The molecule has 144 valence electrons. The standard InChI is InChI=1S/C20H19FN4O3/c1-27-17-8-7-16(9-18(17)28-2)25-20-23-11-14(12-24-20)19(26)22-10-13-3-5-15(21)6-4-13/h3-9,11-12H,10H2,1-2H3,(H,22,26)(H,23,24,25). The van der Waals surface area contributed by atoms with Crippen molar-refractivity contribution in [3.63, 3.8) is 0 Å². The summed E-state index contributed by atoms with van der Waals surface area (Å²) in [6.45, 7) is 0.282. The van der Waals surface area contributed by atoms with E-state index in [1.165, 1.54) is 24.5 Å². The average molecular weight is 382 g/mol. The third-order valence-corrected chi connectivity index (χ3v) is 3.92. The van der Waals surface area contributed by atoms with Gasteiger partial charge in [0.25, 0.3) is 5.91 Å². The summed E-state index contributed by atoms with van der Waals surface area (Å²) in [7, 11) is 3.12. The molecule has 1 amide bonds. The lowest BCUT2D eigenvalue weighted by Crippen LogP contribution is -2.23. The molecule has 0 fully saturated rings. The number of methoxy groups -OCH3 is 2. The van der Waals surface area contributed by atoms with Crippen LogP contribution in [-0.2, 0) is 6.54 Å².